The van der Waals surface area contributed by atoms with Gasteiger partial charge in [0.2, 0.25) is 0 Å². The summed E-state index contributed by atoms with van der Waals surface area (Å²) in [6.07, 6.45) is -0.949. The van der Waals surface area contributed by atoms with Gasteiger partial charge in [0.1, 0.15) is 11.7 Å². The fraction of sp³-hybridized carbons (Fsp3) is 0.200. The van der Waals surface area contributed by atoms with Crippen molar-refractivity contribution in [1.29, 1.82) is 0 Å². The second-order valence-electron chi connectivity index (χ2n) is 4.20. The van der Waals surface area contributed by atoms with E-state index in [9.17, 15) is 0 Å². The predicted molar refractivity (Wildman–Crippen MR) is 64.1 cm³/mol. The molecule has 80 valence electrons. The van der Waals surface area contributed by atoms with E-state index in [2.05, 4.69) is 0 Å². The minimum atomic E-state index is -0.949. The highest BCUT2D eigenvalue weighted by Gasteiger charge is 2.54. The van der Waals surface area contributed by atoms with Crippen LogP contribution in [0.4, 0.5) is 0 Å². The van der Waals surface area contributed by atoms with Gasteiger partial charge >= 0.3 is 0 Å². The quantitative estimate of drug-likeness (QED) is 0.690. The standard InChI is InChI=1S/C15H14O/c1-15(13-10-6-3-7-11-13)14(16-15)12-8-4-2-5-9-12/h2-11,14H,1H3/t14-,15-/m1/s1/i14D. The molecule has 0 unspecified atom stereocenters. The molecule has 0 saturated carbocycles. The zero-order valence-corrected chi connectivity index (χ0v) is 9.18. The van der Waals surface area contributed by atoms with E-state index < -0.39 is 11.7 Å². The van der Waals surface area contributed by atoms with Crippen LogP contribution in [0.1, 0.15) is 25.5 Å². The number of rotatable bonds is 2. The van der Waals surface area contributed by atoms with Gasteiger partial charge in [-0.3, -0.25) is 0 Å². The van der Waals surface area contributed by atoms with E-state index in [1.54, 1.807) is 0 Å². The van der Waals surface area contributed by atoms with Crippen LogP contribution in [0.15, 0.2) is 60.7 Å². The van der Waals surface area contributed by atoms with E-state index in [1.807, 2.05) is 67.6 Å². The molecular formula is C15H14O. The first-order chi connectivity index (χ1) is 8.17. The summed E-state index contributed by atoms with van der Waals surface area (Å²) in [5.74, 6) is 0. The molecule has 1 fully saturated rings. The lowest BCUT2D eigenvalue weighted by atomic mass is 9.94. The van der Waals surface area contributed by atoms with Crippen LogP contribution in [0.25, 0.3) is 0 Å². The first kappa shape index (κ1) is 8.54. The van der Waals surface area contributed by atoms with Crippen molar-refractivity contribution in [3.05, 3.63) is 71.8 Å². The average Bonchev–Trinajstić information content (AvgIpc) is 2.97. The third-order valence-electron chi connectivity index (χ3n) is 3.06. The molecule has 0 radical (unpaired) electrons. The van der Waals surface area contributed by atoms with Crippen molar-refractivity contribution in [2.75, 3.05) is 0 Å². The van der Waals surface area contributed by atoms with Crippen molar-refractivity contribution in [2.45, 2.75) is 18.6 Å². The predicted octanol–water partition coefficient (Wildman–Crippen LogP) is 3.67. The van der Waals surface area contributed by atoms with Gasteiger partial charge in [-0.2, -0.15) is 0 Å². The van der Waals surface area contributed by atoms with Crippen molar-refractivity contribution in [3.8, 4) is 0 Å². The van der Waals surface area contributed by atoms with Crippen molar-refractivity contribution in [2.24, 2.45) is 0 Å². The Morgan fingerprint density at radius 3 is 2.19 bits per heavy atom. The highest BCUT2D eigenvalue weighted by atomic mass is 16.6. The molecule has 0 aromatic heterocycles. The van der Waals surface area contributed by atoms with Gasteiger partial charge in [0.15, 0.2) is 0 Å². The van der Waals surface area contributed by atoms with E-state index in [-0.39, 0.29) is 0 Å². The summed E-state index contributed by atoms with van der Waals surface area (Å²) in [4.78, 5) is 0. The molecule has 2 atom stereocenters. The summed E-state index contributed by atoms with van der Waals surface area (Å²) in [5, 5.41) is 0. The number of hydrogen-bond donors (Lipinski definition) is 0. The topological polar surface area (TPSA) is 12.5 Å². The Morgan fingerprint density at radius 2 is 1.56 bits per heavy atom. The van der Waals surface area contributed by atoms with Crippen LogP contribution in [-0.4, -0.2) is 0 Å². The lowest BCUT2D eigenvalue weighted by molar-refractivity contribution is 0.313. The van der Waals surface area contributed by atoms with Crippen LogP contribution in [0.3, 0.4) is 0 Å². The fourth-order valence-electron chi connectivity index (χ4n) is 2.05. The maximum Gasteiger partial charge on any atom is 0.122 e. The highest BCUT2D eigenvalue weighted by Crippen LogP contribution is 2.56. The summed E-state index contributed by atoms with van der Waals surface area (Å²) >= 11 is 0. The molecule has 1 saturated heterocycles. The molecule has 0 amide bonds. The first-order valence-electron chi connectivity index (χ1n) is 5.98. The number of ether oxygens (including phenoxy) is 1. The third-order valence-corrected chi connectivity index (χ3v) is 3.06. The van der Waals surface area contributed by atoms with E-state index in [0.29, 0.717) is 0 Å². The second kappa shape index (κ2) is 3.46. The molecule has 0 N–H and O–H groups in total. The first-order valence-corrected chi connectivity index (χ1v) is 5.48. The van der Waals surface area contributed by atoms with Gasteiger partial charge < -0.3 is 4.74 Å². The van der Waals surface area contributed by atoms with Crippen molar-refractivity contribution >= 4 is 0 Å². The smallest absolute Gasteiger partial charge is 0.122 e. The Labute approximate surface area is 97.1 Å². The number of hydrogen-bond acceptors (Lipinski definition) is 1. The molecule has 0 bridgehead atoms. The molecule has 1 heterocycles. The monoisotopic (exact) mass is 211 g/mol. The maximum absolute atomic E-state index is 8.45. The van der Waals surface area contributed by atoms with Gasteiger partial charge in [0.05, 0.1) is 1.37 Å². The molecule has 16 heavy (non-hydrogen) atoms. The van der Waals surface area contributed by atoms with Gasteiger partial charge in [0, 0.05) is 0 Å². The zero-order chi connectivity index (χ0) is 11.9. The van der Waals surface area contributed by atoms with Crippen LogP contribution < -0.4 is 0 Å². The van der Waals surface area contributed by atoms with Gasteiger partial charge in [-0.1, -0.05) is 60.7 Å². The maximum atomic E-state index is 8.45. The van der Waals surface area contributed by atoms with Gasteiger partial charge in [-0.15, -0.1) is 0 Å². The van der Waals surface area contributed by atoms with Crippen molar-refractivity contribution in [1.82, 2.24) is 0 Å². The average molecular weight is 211 g/mol. The molecule has 1 aliphatic heterocycles. The van der Waals surface area contributed by atoms with E-state index in [0.717, 1.165) is 11.1 Å². The van der Waals surface area contributed by atoms with Crippen LogP contribution in [0.5, 0.6) is 0 Å². The van der Waals surface area contributed by atoms with E-state index in [1.165, 1.54) is 0 Å². The largest absolute Gasteiger partial charge is 0.356 e. The molecule has 1 nitrogen and oxygen atoms in total. The Bertz CT molecular complexity index is 476. The fourth-order valence-corrected chi connectivity index (χ4v) is 2.05. The molecule has 2 aromatic rings. The molecule has 1 aliphatic rings. The van der Waals surface area contributed by atoms with E-state index in [4.69, 9.17) is 6.11 Å². The SMILES string of the molecule is [2H][C@]1(c2ccccc2)O[C@]1(C)c1ccccc1. The Balaban J connectivity index is 2.00. The van der Waals surface area contributed by atoms with Crippen LogP contribution in [0, 0.1) is 0 Å². The summed E-state index contributed by atoms with van der Waals surface area (Å²) in [5.41, 5.74) is 1.43. The van der Waals surface area contributed by atoms with Gasteiger partial charge in [0.25, 0.3) is 0 Å². The molecule has 0 spiro atoms. The van der Waals surface area contributed by atoms with Crippen LogP contribution in [0.2, 0.25) is 0 Å². The molecule has 1 heteroatoms. The summed E-state index contributed by atoms with van der Waals surface area (Å²) in [7, 11) is 0. The van der Waals surface area contributed by atoms with Crippen molar-refractivity contribution < 1.29 is 6.11 Å². The normalized spacial score (nSPS) is 33.2. The molecule has 0 aliphatic carbocycles. The lowest BCUT2D eigenvalue weighted by Gasteiger charge is -2.06. The Morgan fingerprint density at radius 1 is 1.00 bits per heavy atom. The third kappa shape index (κ3) is 1.44. The van der Waals surface area contributed by atoms with Crippen molar-refractivity contribution in [3.63, 3.8) is 0 Å². The highest BCUT2D eigenvalue weighted by molar-refractivity contribution is 5.34. The zero-order valence-electron chi connectivity index (χ0n) is 10.2. The summed E-state index contributed by atoms with van der Waals surface area (Å²) in [6.45, 7) is 1.97. The summed E-state index contributed by atoms with van der Waals surface area (Å²) in [6, 6.07) is 19.7. The summed E-state index contributed by atoms with van der Waals surface area (Å²) < 4.78 is 14.2. The molecule has 3 rings (SSSR count). The molecule has 2 aromatic carbocycles. The number of epoxide rings is 1. The van der Waals surface area contributed by atoms with Gasteiger partial charge in [-0.25, -0.2) is 0 Å². The van der Waals surface area contributed by atoms with Crippen LogP contribution in [-0.2, 0) is 10.3 Å². The Kier molecular flexibility index (Phi) is 1.85. The number of benzene rings is 2. The van der Waals surface area contributed by atoms with E-state index >= 15 is 0 Å². The Hall–Kier alpha value is -1.60. The minimum absolute atomic E-state index is 0.532. The lowest BCUT2D eigenvalue weighted by Crippen LogP contribution is -2.03. The van der Waals surface area contributed by atoms with Crippen LogP contribution >= 0.6 is 0 Å². The minimum Gasteiger partial charge on any atom is -0.356 e. The second-order valence-corrected chi connectivity index (χ2v) is 4.20. The van der Waals surface area contributed by atoms with Gasteiger partial charge in [-0.05, 0) is 18.1 Å². The molecular weight excluding hydrogens is 196 g/mol.